The van der Waals surface area contributed by atoms with Crippen LogP contribution in [0.25, 0.3) is 11.0 Å². The average Bonchev–Trinajstić information content (AvgIpc) is 3.10. The highest BCUT2D eigenvalue weighted by molar-refractivity contribution is 6.03. The molecule has 4 rings (SSSR count). The van der Waals surface area contributed by atoms with Gasteiger partial charge in [-0.15, -0.1) is 0 Å². The minimum Gasteiger partial charge on any atom is -0.486 e. The SMILES string of the molecule is CC(=O)c1ccccc1NC(=O)Cn1c(COc2ccccc2)nc2ccccc21. The van der Waals surface area contributed by atoms with Gasteiger partial charge in [-0.25, -0.2) is 4.98 Å². The molecule has 30 heavy (non-hydrogen) atoms. The first kappa shape index (κ1) is 19.4. The van der Waals surface area contributed by atoms with E-state index in [2.05, 4.69) is 10.3 Å². The number of nitrogens with zero attached hydrogens (tertiary/aromatic N) is 2. The van der Waals surface area contributed by atoms with Crippen molar-refractivity contribution in [2.24, 2.45) is 0 Å². The smallest absolute Gasteiger partial charge is 0.244 e. The third-order valence-electron chi connectivity index (χ3n) is 4.73. The Labute approximate surface area is 174 Å². The average molecular weight is 399 g/mol. The summed E-state index contributed by atoms with van der Waals surface area (Å²) in [5.74, 6) is 1.04. The van der Waals surface area contributed by atoms with Crippen LogP contribution in [0.1, 0.15) is 23.1 Å². The molecular formula is C24H21N3O3. The lowest BCUT2D eigenvalue weighted by Gasteiger charge is -2.12. The van der Waals surface area contributed by atoms with Crippen molar-refractivity contribution in [2.75, 3.05) is 5.32 Å². The topological polar surface area (TPSA) is 73.2 Å². The fraction of sp³-hybridized carbons (Fsp3) is 0.125. The minimum atomic E-state index is -0.243. The molecule has 0 radical (unpaired) electrons. The van der Waals surface area contributed by atoms with Crippen molar-refractivity contribution in [2.45, 2.75) is 20.1 Å². The number of amides is 1. The number of anilines is 1. The lowest BCUT2D eigenvalue weighted by molar-refractivity contribution is -0.116. The van der Waals surface area contributed by atoms with Crippen molar-refractivity contribution in [3.05, 3.63) is 90.3 Å². The molecule has 0 aliphatic heterocycles. The molecule has 6 heteroatoms. The summed E-state index contributed by atoms with van der Waals surface area (Å²) >= 11 is 0. The van der Waals surface area contributed by atoms with E-state index >= 15 is 0 Å². The molecule has 0 bridgehead atoms. The van der Waals surface area contributed by atoms with E-state index in [0.29, 0.717) is 17.1 Å². The Hall–Kier alpha value is -3.93. The van der Waals surface area contributed by atoms with Crippen molar-refractivity contribution >= 4 is 28.4 Å². The van der Waals surface area contributed by atoms with Gasteiger partial charge in [0.15, 0.2) is 5.78 Å². The van der Waals surface area contributed by atoms with E-state index in [1.807, 2.05) is 59.2 Å². The molecule has 6 nitrogen and oxygen atoms in total. The fourth-order valence-electron chi connectivity index (χ4n) is 3.31. The van der Waals surface area contributed by atoms with E-state index in [1.165, 1.54) is 6.92 Å². The summed E-state index contributed by atoms with van der Waals surface area (Å²) in [5.41, 5.74) is 2.62. The lowest BCUT2D eigenvalue weighted by atomic mass is 10.1. The maximum absolute atomic E-state index is 12.8. The zero-order valence-electron chi connectivity index (χ0n) is 16.5. The van der Waals surface area contributed by atoms with Gasteiger partial charge in [0.1, 0.15) is 24.7 Å². The van der Waals surface area contributed by atoms with E-state index < -0.39 is 0 Å². The van der Waals surface area contributed by atoms with Crippen molar-refractivity contribution in [1.82, 2.24) is 9.55 Å². The molecule has 150 valence electrons. The number of fused-ring (bicyclic) bond motifs is 1. The number of rotatable bonds is 7. The predicted octanol–water partition coefficient (Wildman–Crippen LogP) is 4.46. The third kappa shape index (κ3) is 4.22. The van der Waals surface area contributed by atoms with Gasteiger partial charge in [-0.2, -0.15) is 0 Å². The number of Topliss-reactive ketones (excluding diaryl/α,β-unsaturated/α-hetero) is 1. The van der Waals surface area contributed by atoms with Gasteiger partial charge in [0.2, 0.25) is 5.91 Å². The van der Waals surface area contributed by atoms with Gasteiger partial charge >= 0.3 is 0 Å². The molecule has 0 aliphatic rings. The summed E-state index contributed by atoms with van der Waals surface area (Å²) in [6.07, 6.45) is 0. The monoisotopic (exact) mass is 399 g/mol. The summed E-state index contributed by atoms with van der Waals surface area (Å²) in [5, 5.41) is 2.85. The Kier molecular flexibility index (Phi) is 5.57. The van der Waals surface area contributed by atoms with E-state index in [-0.39, 0.29) is 24.8 Å². The Bertz CT molecular complexity index is 1200. The molecule has 0 aliphatic carbocycles. The second-order valence-corrected chi connectivity index (χ2v) is 6.85. The number of ether oxygens (including phenoxy) is 1. The van der Waals surface area contributed by atoms with Crippen LogP contribution < -0.4 is 10.1 Å². The highest BCUT2D eigenvalue weighted by atomic mass is 16.5. The summed E-state index contributed by atoms with van der Waals surface area (Å²) in [7, 11) is 0. The van der Waals surface area contributed by atoms with E-state index in [9.17, 15) is 9.59 Å². The highest BCUT2D eigenvalue weighted by Crippen LogP contribution is 2.20. The van der Waals surface area contributed by atoms with Crippen molar-refractivity contribution in [3.63, 3.8) is 0 Å². The minimum absolute atomic E-state index is 0.0558. The number of nitrogens with one attached hydrogen (secondary N) is 1. The molecule has 0 spiro atoms. The molecule has 1 N–H and O–H groups in total. The number of carbonyl (C=O) groups is 2. The van der Waals surface area contributed by atoms with Crippen LogP contribution >= 0.6 is 0 Å². The second-order valence-electron chi connectivity index (χ2n) is 6.85. The van der Waals surface area contributed by atoms with Gasteiger partial charge < -0.3 is 14.6 Å². The number of ketones is 1. The molecule has 1 amide bonds. The predicted molar refractivity (Wildman–Crippen MR) is 116 cm³/mol. The lowest BCUT2D eigenvalue weighted by Crippen LogP contribution is -2.21. The van der Waals surface area contributed by atoms with Crippen molar-refractivity contribution < 1.29 is 14.3 Å². The molecule has 0 saturated carbocycles. The summed E-state index contributed by atoms with van der Waals surface area (Å²) < 4.78 is 7.69. The zero-order valence-corrected chi connectivity index (χ0v) is 16.5. The molecule has 1 heterocycles. The van der Waals surface area contributed by atoms with Crippen molar-refractivity contribution in [1.29, 1.82) is 0 Å². The number of aromatic nitrogens is 2. The molecule has 3 aromatic carbocycles. The van der Waals surface area contributed by atoms with Gasteiger partial charge in [-0.1, -0.05) is 42.5 Å². The Morgan fingerprint density at radius 3 is 2.43 bits per heavy atom. The van der Waals surface area contributed by atoms with E-state index in [0.717, 1.165) is 16.8 Å². The summed E-state index contributed by atoms with van der Waals surface area (Å²) in [6, 6.07) is 24.1. The zero-order chi connectivity index (χ0) is 20.9. The molecule has 1 aromatic heterocycles. The van der Waals surface area contributed by atoms with Crippen LogP contribution in [-0.2, 0) is 17.9 Å². The van der Waals surface area contributed by atoms with Crippen LogP contribution in [0, 0.1) is 0 Å². The van der Waals surface area contributed by atoms with Gasteiger partial charge in [-0.05, 0) is 43.3 Å². The molecular weight excluding hydrogens is 378 g/mol. The largest absolute Gasteiger partial charge is 0.486 e. The fourth-order valence-corrected chi connectivity index (χ4v) is 3.31. The standard InChI is InChI=1S/C24H21N3O3/c1-17(28)19-11-5-6-12-20(19)26-24(29)15-27-22-14-8-7-13-21(22)25-23(27)16-30-18-9-3-2-4-10-18/h2-14H,15-16H2,1H3,(H,26,29). The normalized spacial score (nSPS) is 10.7. The van der Waals surface area contributed by atoms with Crippen LogP contribution in [0.3, 0.4) is 0 Å². The number of hydrogen-bond acceptors (Lipinski definition) is 4. The highest BCUT2D eigenvalue weighted by Gasteiger charge is 2.16. The van der Waals surface area contributed by atoms with E-state index in [4.69, 9.17) is 4.74 Å². The maximum Gasteiger partial charge on any atom is 0.244 e. The molecule has 4 aromatic rings. The molecule has 0 saturated heterocycles. The number of para-hydroxylation sites is 4. The van der Waals surface area contributed by atoms with Crippen molar-refractivity contribution in [3.8, 4) is 5.75 Å². The quantitative estimate of drug-likeness (QED) is 0.466. The number of hydrogen-bond donors (Lipinski definition) is 1. The summed E-state index contributed by atoms with van der Waals surface area (Å²) in [4.78, 5) is 29.3. The van der Waals surface area contributed by atoms with Crippen LogP contribution in [0.2, 0.25) is 0 Å². The molecule has 0 atom stereocenters. The first-order chi connectivity index (χ1) is 14.6. The number of imidazole rings is 1. The van der Waals surface area contributed by atoms with Crippen LogP contribution in [0.4, 0.5) is 5.69 Å². The Morgan fingerprint density at radius 1 is 0.933 bits per heavy atom. The van der Waals surface area contributed by atoms with E-state index in [1.54, 1.807) is 24.3 Å². The first-order valence-electron chi connectivity index (χ1n) is 9.63. The van der Waals surface area contributed by atoms with Crippen LogP contribution in [-0.4, -0.2) is 21.2 Å². The Morgan fingerprint density at radius 2 is 1.63 bits per heavy atom. The second kappa shape index (κ2) is 8.61. The van der Waals surface area contributed by atoms with Crippen LogP contribution in [0.5, 0.6) is 5.75 Å². The maximum atomic E-state index is 12.8. The molecule has 0 unspecified atom stereocenters. The van der Waals surface area contributed by atoms with Crippen LogP contribution in [0.15, 0.2) is 78.9 Å². The third-order valence-corrected chi connectivity index (χ3v) is 4.73. The first-order valence-corrected chi connectivity index (χ1v) is 9.63. The number of carbonyl (C=O) groups excluding carboxylic acids is 2. The van der Waals surface area contributed by atoms with Gasteiger partial charge in [0.05, 0.1) is 16.7 Å². The van der Waals surface area contributed by atoms with Gasteiger partial charge in [0, 0.05) is 5.56 Å². The number of benzene rings is 3. The van der Waals surface area contributed by atoms with Gasteiger partial charge in [0.25, 0.3) is 0 Å². The summed E-state index contributed by atoms with van der Waals surface area (Å²) in [6.45, 7) is 1.77. The Balaban J connectivity index is 1.58. The van der Waals surface area contributed by atoms with Gasteiger partial charge in [-0.3, -0.25) is 9.59 Å². The molecule has 0 fully saturated rings.